The molecule has 6 nitrogen and oxygen atoms in total. The van der Waals surface area contributed by atoms with Gasteiger partial charge in [-0.05, 0) is 23.8 Å². The lowest BCUT2D eigenvalue weighted by Gasteiger charge is -2.06. The number of rotatable bonds is 6. The molecular weight excluding hydrogens is 372 g/mol. The second-order valence-corrected chi connectivity index (χ2v) is 7.91. The Kier molecular flexibility index (Phi) is 5.01. The van der Waals surface area contributed by atoms with E-state index in [1.165, 1.54) is 0 Å². The third-order valence-corrected chi connectivity index (χ3v) is 5.63. The zero-order chi connectivity index (χ0) is 19.4. The van der Waals surface area contributed by atoms with Crippen molar-refractivity contribution < 1.29 is 8.42 Å². The number of benzene rings is 2. The van der Waals surface area contributed by atoms with Gasteiger partial charge in [-0.15, -0.1) is 0 Å². The Hall–Kier alpha value is -3.29. The molecule has 0 spiro atoms. The van der Waals surface area contributed by atoms with E-state index >= 15 is 0 Å². The van der Waals surface area contributed by atoms with Crippen LogP contribution in [0.5, 0.6) is 0 Å². The lowest BCUT2D eigenvalue weighted by Crippen LogP contribution is -2.23. The van der Waals surface area contributed by atoms with E-state index in [0.717, 1.165) is 16.8 Å². The highest BCUT2D eigenvalue weighted by atomic mass is 32.2. The van der Waals surface area contributed by atoms with E-state index in [1.54, 1.807) is 29.3 Å². The molecule has 0 fully saturated rings. The van der Waals surface area contributed by atoms with Crippen molar-refractivity contribution in [3.05, 3.63) is 97.0 Å². The van der Waals surface area contributed by atoms with Gasteiger partial charge in [0.15, 0.2) is 0 Å². The largest absolute Gasteiger partial charge is 0.264 e. The van der Waals surface area contributed by atoms with Gasteiger partial charge in [-0.25, -0.2) is 17.8 Å². The third kappa shape index (κ3) is 3.85. The fraction of sp³-hybridized carbons (Fsp3) is 0.0476. The van der Waals surface area contributed by atoms with Gasteiger partial charge in [0.1, 0.15) is 10.6 Å². The van der Waals surface area contributed by atoms with E-state index < -0.39 is 10.0 Å². The summed E-state index contributed by atoms with van der Waals surface area (Å²) in [5.41, 5.74) is 2.71. The zero-order valence-electron chi connectivity index (χ0n) is 14.9. The molecule has 2 aromatic carbocycles. The standard InChI is InChI=1S/C21H18N4O2S/c26-28(27,23-15-17-8-7-13-22-14-17)20-16-25(19-11-5-2-6-12-19)24-21(20)18-9-3-1-4-10-18/h1-14,16,23H,15H2. The van der Waals surface area contributed by atoms with Gasteiger partial charge in [-0.1, -0.05) is 54.6 Å². The van der Waals surface area contributed by atoms with E-state index in [4.69, 9.17) is 0 Å². The Labute approximate surface area is 163 Å². The van der Waals surface area contributed by atoms with Crippen LogP contribution < -0.4 is 4.72 Å². The van der Waals surface area contributed by atoms with Crippen molar-refractivity contribution in [3.8, 4) is 16.9 Å². The van der Waals surface area contributed by atoms with Crippen LogP contribution in [0.15, 0.2) is 96.3 Å². The molecule has 0 atom stereocenters. The minimum absolute atomic E-state index is 0.131. The van der Waals surface area contributed by atoms with Crippen molar-refractivity contribution in [2.75, 3.05) is 0 Å². The molecule has 0 aliphatic rings. The summed E-state index contributed by atoms with van der Waals surface area (Å²) in [5.74, 6) is 0. The van der Waals surface area contributed by atoms with Gasteiger partial charge in [0.05, 0.1) is 11.9 Å². The summed E-state index contributed by atoms with van der Waals surface area (Å²) >= 11 is 0. The Morgan fingerprint density at radius 1 is 0.893 bits per heavy atom. The van der Waals surface area contributed by atoms with Crippen molar-refractivity contribution in [1.82, 2.24) is 19.5 Å². The molecular formula is C21H18N4O2S. The molecule has 2 heterocycles. The third-order valence-electron chi connectivity index (χ3n) is 4.23. The van der Waals surface area contributed by atoms with Gasteiger partial charge < -0.3 is 0 Å². The lowest BCUT2D eigenvalue weighted by molar-refractivity contribution is 0.581. The van der Waals surface area contributed by atoms with Crippen LogP contribution in [0.2, 0.25) is 0 Å². The summed E-state index contributed by atoms with van der Waals surface area (Å²) in [6.45, 7) is 0.154. The van der Waals surface area contributed by atoms with Crippen LogP contribution in [0.25, 0.3) is 16.9 Å². The Bertz CT molecular complexity index is 1160. The Morgan fingerprint density at radius 2 is 1.61 bits per heavy atom. The van der Waals surface area contributed by atoms with Crippen LogP contribution >= 0.6 is 0 Å². The molecule has 2 aromatic heterocycles. The second kappa shape index (κ2) is 7.75. The summed E-state index contributed by atoms with van der Waals surface area (Å²) in [6.07, 6.45) is 4.83. The lowest BCUT2D eigenvalue weighted by atomic mass is 10.2. The predicted octanol–water partition coefficient (Wildman–Crippen LogP) is 3.41. The van der Waals surface area contributed by atoms with E-state index in [-0.39, 0.29) is 11.4 Å². The van der Waals surface area contributed by atoms with Crippen LogP contribution in [0, 0.1) is 0 Å². The van der Waals surface area contributed by atoms with Gasteiger partial charge in [-0.2, -0.15) is 5.10 Å². The molecule has 0 unspecified atom stereocenters. The number of para-hydroxylation sites is 1. The predicted molar refractivity (Wildman–Crippen MR) is 107 cm³/mol. The average Bonchev–Trinajstić information content (AvgIpc) is 3.21. The number of pyridine rings is 1. The smallest absolute Gasteiger partial charge is 0.244 e. The van der Waals surface area contributed by atoms with Gasteiger partial charge >= 0.3 is 0 Å². The number of sulfonamides is 1. The molecule has 7 heteroatoms. The average molecular weight is 390 g/mol. The Balaban J connectivity index is 1.75. The number of nitrogens with one attached hydrogen (secondary N) is 1. The molecule has 0 aliphatic carbocycles. The van der Waals surface area contributed by atoms with Crippen LogP contribution in [0.1, 0.15) is 5.56 Å². The summed E-state index contributed by atoms with van der Waals surface area (Å²) < 4.78 is 30.3. The van der Waals surface area contributed by atoms with E-state index in [2.05, 4.69) is 14.8 Å². The minimum Gasteiger partial charge on any atom is -0.264 e. The molecule has 4 rings (SSSR count). The first kappa shape index (κ1) is 18.1. The molecule has 0 bridgehead atoms. The first-order valence-electron chi connectivity index (χ1n) is 8.72. The Morgan fingerprint density at radius 3 is 2.29 bits per heavy atom. The second-order valence-electron chi connectivity index (χ2n) is 6.17. The van der Waals surface area contributed by atoms with Crippen LogP contribution in [0.3, 0.4) is 0 Å². The number of nitrogens with zero attached hydrogens (tertiary/aromatic N) is 3. The fourth-order valence-corrected chi connectivity index (χ4v) is 3.99. The van der Waals surface area contributed by atoms with Gasteiger partial charge in [0, 0.05) is 24.5 Å². The fourth-order valence-electron chi connectivity index (χ4n) is 2.82. The van der Waals surface area contributed by atoms with Crippen molar-refractivity contribution in [3.63, 3.8) is 0 Å². The molecule has 140 valence electrons. The topological polar surface area (TPSA) is 76.9 Å². The molecule has 4 aromatic rings. The molecule has 0 radical (unpaired) electrons. The summed E-state index contributed by atoms with van der Waals surface area (Å²) in [6, 6.07) is 22.3. The van der Waals surface area contributed by atoms with Crippen molar-refractivity contribution >= 4 is 10.0 Å². The normalized spacial score (nSPS) is 11.4. The molecule has 0 saturated heterocycles. The van der Waals surface area contributed by atoms with Crippen molar-refractivity contribution in [1.29, 1.82) is 0 Å². The summed E-state index contributed by atoms with van der Waals surface area (Å²) in [7, 11) is -3.79. The molecule has 1 N–H and O–H groups in total. The molecule has 0 amide bonds. The summed E-state index contributed by atoms with van der Waals surface area (Å²) in [4.78, 5) is 4.15. The zero-order valence-corrected chi connectivity index (χ0v) is 15.8. The van der Waals surface area contributed by atoms with Crippen LogP contribution in [0.4, 0.5) is 0 Å². The van der Waals surface area contributed by atoms with Crippen molar-refractivity contribution in [2.45, 2.75) is 11.4 Å². The van der Waals surface area contributed by atoms with Gasteiger partial charge in [-0.3, -0.25) is 4.98 Å². The van der Waals surface area contributed by atoms with Crippen molar-refractivity contribution in [2.24, 2.45) is 0 Å². The maximum atomic E-state index is 13.1. The van der Waals surface area contributed by atoms with Gasteiger partial charge in [0.2, 0.25) is 10.0 Å². The first-order chi connectivity index (χ1) is 13.6. The quantitative estimate of drug-likeness (QED) is 0.547. The molecule has 0 aliphatic heterocycles. The van der Waals surface area contributed by atoms with Crippen LogP contribution in [-0.4, -0.2) is 23.2 Å². The van der Waals surface area contributed by atoms with Gasteiger partial charge in [0.25, 0.3) is 0 Å². The number of hydrogen-bond donors (Lipinski definition) is 1. The number of hydrogen-bond acceptors (Lipinski definition) is 4. The molecule has 0 saturated carbocycles. The highest BCUT2D eigenvalue weighted by Gasteiger charge is 2.24. The summed E-state index contributed by atoms with van der Waals surface area (Å²) in [5, 5.41) is 4.56. The minimum atomic E-state index is -3.79. The maximum Gasteiger partial charge on any atom is 0.244 e. The van der Waals surface area contributed by atoms with E-state index in [0.29, 0.717) is 5.69 Å². The van der Waals surface area contributed by atoms with E-state index in [1.807, 2.05) is 66.7 Å². The maximum absolute atomic E-state index is 13.1. The monoisotopic (exact) mass is 390 g/mol. The number of aromatic nitrogens is 3. The SMILES string of the molecule is O=S(=O)(NCc1cccnc1)c1cn(-c2ccccc2)nc1-c1ccccc1. The first-order valence-corrected chi connectivity index (χ1v) is 10.2. The highest BCUT2D eigenvalue weighted by molar-refractivity contribution is 7.89. The van der Waals surface area contributed by atoms with Crippen LogP contribution in [-0.2, 0) is 16.6 Å². The molecule has 28 heavy (non-hydrogen) atoms. The van der Waals surface area contributed by atoms with E-state index in [9.17, 15) is 8.42 Å². The highest BCUT2D eigenvalue weighted by Crippen LogP contribution is 2.27.